The standard InChI is InChI=1S/C32H37FN4O6S2/c1-43-20-24-8-5-15-36(24)29-14-13-25(17-34-29)45(41,42)35-18-27(21-6-3-2-4-7-21)37(30(38)19-35)26-16-28(44-31(26)32(39)40)22-9-11-23(33)12-10-22/h9-14,16-17,21,24,27H,2-8,15,18-20H2,1H3,(H,39,40)/t24-,27-/m0/s1. The second kappa shape index (κ2) is 13.1. The van der Waals surface area contributed by atoms with Gasteiger partial charge in [-0.2, -0.15) is 4.31 Å². The van der Waals surface area contributed by atoms with Crippen LogP contribution in [-0.2, 0) is 19.6 Å². The van der Waals surface area contributed by atoms with E-state index in [0.29, 0.717) is 22.9 Å². The van der Waals surface area contributed by atoms with Crippen LogP contribution in [0.4, 0.5) is 15.9 Å². The molecule has 0 bridgehead atoms. The summed E-state index contributed by atoms with van der Waals surface area (Å²) in [4.78, 5) is 35.1. The maximum Gasteiger partial charge on any atom is 0.348 e. The highest BCUT2D eigenvalue weighted by Gasteiger charge is 2.44. The Labute approximate surface area is 266 Å². The number of anilines is 2. The summed E-state index contributed by atoms with van der Waals surface area (Å²) in [6.07, 6.45) is 7.94. The van der Waals surface area contributed by atoms with E-state index in [1.165, 1.54) is 27.5 Å². The lowest BCUT2D eigenvalue weighted by atomic mass is 9.82. The van der Waals surface area contributed by atoms with Crippen molar-refractivity contribution in [2.75, 3.05) is 43.2 Å². The van der Waals surface area contributed by atoms with Gasteiger partial charge in [0, 0.05) is 31.3 Å². The molecule has 3 aliphatic rings. The van der Waals surface area contributed by atoms with Gasteiger partial charge < -0.3 is 19.6 Å². The smallest absolute Gasteiger partial charge is 0.348 e. The molecule has 2 aliphatic heterocycles. The quantitative estimate of drug-likeness (QED) is 0.332. The summed E-state index contributed by atoms with van der Waals surface area (Å²) in [7, 11) is -2.41. The molecule has 0 unspecified atom stereocenters. The van der Waals surface area contributed by atoms with E-state index in [1.807, 2.05) is 0 Å². The highest BCUT2D eigenvalue weighted by atomic mass is 32.2. The number of piperazine rings is 1. The molecule has 1 saturated carbocycles. The van der Waals surface area contributed by atoms with Crippen molar-refractivity contribution >= 4 is 44.7 Å². The fourth-order valence-electron chi connectivity index (χ4n) is 6.96. The largest absolute Gasteiger partial charge is 0.477 e. The number of halogens is 1. The number of carboxylic acid groups (broad SMARTS) is 1. The van der Waals surface area contributed by atoms with Gasteiger partial charge in [0.05, 0.1) is 30.9 Å². The van der Waals surface area contributed by atoms with Crippen molar-refractivity contribution in [3.05, 3.63) is 59.4 Å². The topological polar surface area (TPSA) is 120 Å². The van der Waals surface area contributed by atoms with Gasteiger partial charge in [0.2, 0.25) is 15.9 Å². The Balaban J connectivity index is 1.31. The van der Waals surface area contributed by atoms with E-state index in [2.05, 4.69) is 9.88 Å². The van der Waals surface area contributed by atoms with Crippen molar-refractivity contribution in [3.8, 4) is 10.4 Å². The molecule has 4 heterocycles. The van der Waals surface area contributed by atoms with E-state index in [9.17, 15) is 27.5 Å². The summed E-state index contributed by atoms with van der Waals surface area (Å²) in [6, 6.07) is 10.3. The molecule has 13 heteroatoms. The van der Waals surface area contributed by atoms with Crippen LogP contribution >= 0.6 is 11.3 Å². The fourth-order valence-corrected chi connectivity index (χ4v) is 9.31. The lowest BCUT2D eigenvalue weighted by Gasteiger charge is -2.44. The molecular formula is C32H37FN4O6S2. The molecule has 240 valence electrons. The predicted molar refractivity (Wildman–Crippen MR) is 170 cm³/mol. The van der Waals surface area contributed by atoms with Crippen molar-refractivity contribution in [2.24, 2.45) is 5.92 Å². The number of aromatic carboxylic acids is 1. The maximum absolute atomic E-state index is 14.0. The van der Waals surface area contributed by atoms with Crippen molar-refractivity contribution in [1.29, 1.82) is 0 Å². The summed E-state index contributed by atoms with van der Waals surface area (Å²) in [6.45, 7) is 1.01. The van der Waals surface area contributed by atoms with E-state index < -0.39 is 40.3 Å². The Morgan fingerprint density at radius 2 is 1.84 bits per heavy atom. The van der Waals surface area contributed by atoms with Crippen molar-refractivity contribution in [1.82, 2.24) is 9.29 Å². The first-order valence-electron chi connectivity index (χ1n) is 15.3. The first-order chi connectivity index (χ1) is 21.7. The summed E-state index contributed by atoms with van der Waals surface area (Å²) >= 11 is 1.02. The molecule has 1 aliphatic carbocycles. The van der Waals surface area contributed by atoms with Gasteiger partial charge in [0.25, 0.3) is 0 Å². The van der Waals surface area contributed by atoms with Crippen LogP contribution < -0.4 is 9.80 Å². The normalized spacial score (nSPS) is 21.9. The van der Waals surface area contributed by atoms with Gasteiger partial charge in [-0.05, 0) is 67.5 Å². The molecule has 2 atom stereocenters. The van der Waals surface area contributed by atoms with Crippen molar-refractivity contribution in [2.45, 2.75) is 61.9 Å². The van der Waals surface area contributed by atoms with Crippen LogP contribution in [0.1, 0.15) is 54.6 Å². The number of methoxy groups -OCH3 is 1. The molecular weight excluding hydrogens is 620 g/mol. The number of rotatable bonds is 9. The lowest BCUT2D eigenvalue weighted by molar-refractivity contribution is -0.121. The third-order valence-electron chi connectivity index (χ3n) is 9.18. The molecule has 1 amide bonds. The monoisotopic (exact) mass is 656 g/mol. The number of ether oxygens (including phenoxy) is 1. The van der Waals surface area contributed by atoms with Gasteiger partial charge >= 0.3 is 5.97 Å². The number of nitrogens with zero attached hydrogens (tertiary/aromatic N) is 4. The molecule has 45 heavy (non-hydrogen) atoms. The highest BCUT2D eigenvalue weighted by Crippen LogP contribution is 2.42. The number of pyridine rings is 1. The minimum atomic E-state index is -4.07. The Morgan fingerprint density at radius 1 is 1.09 bits per heavy atom. The third-order valence-corrected chi connectivity index (χ3v) is 12.1. The summed E-state index contributed by atoms with van der Waals surface area (Å²) < 4.78 is 48.1. The first kappa shape index (κ1) is 31.6. The Bertz CT molecular complexity index is 1640. The van der Waals surface area contributed by atoms with Gasteiger partial charge in [-0.15, -0.1) is 11.3 Å². The second-order valence-electron chi connectivity index (χ2n) is 12.0. The zero-order valence-corrected chi connectivity index (χ0v) is 26.7. The van der Waals surface area contributed by atoms with E-state index in [-0.39, 0.29) is 34.0 Å². The minimum absolute atomic E-state index is 0.00454. The molecule has 2 aromatic heterocycles. The molecule has 2 saturated heterocycles. The number of carboxylic acids is 1. The average Bonchev–Trinajstić information content (AvgIpc) is 3.70. The number of hydrogen-bond donors (Lipinski definition) is 1. The van der Waals surface area contributed by atoms with Crippen LogP contribution in [-0.4, -0.2) is 80.1 Å². The van der Waals surface area contributed by atoms with Gasteiger partial charge in [0.15, 0.2) is 0 Å². The molecule has 0 radical (unpaired) electrons. The van der Waals surface area contributed by atoms with E-state index in [4.69, 9.17) is 4.74 Å². The Hall–Kier alpha value is -3.39. The van der Waals surface area contributed by atoms with E-state index in [0.717, 1.165) is 62.8 Å². The second-order valence-corrected chi connectivity index (χ2v) is 15.0. The zero-order chi connectivity index (χ0) is 31.7. The Kier molecular flexibility index (Phi) is 9.23. The summed E-state index contributed by atoms with van der Waals surface area (Å²) in [5.41, 5.74) is 0.892. The molecule has 10 nitrogen and oxygen atoms in total. The number of aromatic nitrogens is 1. The number of benzene rings is 1. The maximum atomic E-state index is 14.0. The van der Waals surface area contributed by atoms with Gasteiger partial charge in [-0.25, -0.2) is 22.6 Å². The number of amides is 1. The van der Waals surface area contributed by atoms with E-state index >= 15 is 0 Å². The number of sulfonamides is 1. The van der Waals surface area contributed by atoms with Crippen LogP contribution in [0.25, 0.3) is 10.4 Å². The highest BCUT2D eigenvalue weighted by molar-refractivity contribution is 7.89. The molecule has 6 rings (SSSR count). The number of carbonyl (C=O) groups excluding carboxylic acids is 1. The zero-order valence-electron chi connectivity index (χ0n) is 25.1. The Morgan fingerprint density at radius 3 is 2.51 bits per heavy atom. The van der Waals surface area contributed by atoms with Gasteiger partial charge in [-0.3, -0.25) is 4.79 Å². The van der Waals surface area contributed by atoms with Gasteiger partial charge in [-0.1, -0.05) is 31.4 Å². The van der Waals surface area contributed by atoms with Crippen molar-refractivity contribution < 1.29 is 32.2 Å². The minimum Gasteiger partial charge on any atom is -0.477 e. The van der Waals surface area contributed by atoms with Crippen LogP contribution in [0.15, 0.2) is 53.6 Å². The molecule has 1 aromatic carbocycles. The number of thiophene rings is 1. The van der Waals surface area contributed by atoms with Crippen LogP contribution in [0.3, 0.4) is 0 Å². The third kappa shape index (κ3) is 6.35. The molecule has 0 spiro atoms. The average molecular weight is 657 g/mol. The molecule has 1 N–H and O–H groups in total. The lowest BCUT2D eigenvalue weighted by Crippen LogP contribution is -2.60. The number of carbonyl (C=O) groups is 2. The van der Waals surface area contributed by atoms with Crippen LogP contribution in [0.5, 0.6) is 0 Å². The van der Waals surface area contributed by atoms with Crippen molar-refractivity contribution in [3.63, 3.8) is 0 Å². The summed E-state index contributed by atoms with van der Waals surface area (Å²) in [5, 5.41) is 10.1. The van der Waals surface area contributed by atoms with Gasteiger partial charge in [0.1, 0.15) is 21.4 Å². The van der Waals surface area contributed by atoms with Crippen LogP contribution in [0.2, 0.25) is 0 Å². The summed E-state index contributed by atoms with van der Waals surface area (Å²) in [5.74, 6) is -1.37. The number of hydrogen-bond acceptors (Lipinski definition) is 8. The molecule has 3 aromatic rings. The van der Waals surface area contributed by atoms with Crippen LogP contribution in [0, 0.1) is 11.7 Å². The first-order valence-corrected chi connectivity index (χ1v) is 17.6. The fraction of sp³-hybridized carbons (Fsp3) is 0.469. The van der Waals surface area contributed by atoms with E-state index in [1.54, 1.807) is 37.4 Å². The SMILES string of the molecule is COC[C@@H]1CCCN1c1ccc(S(=O)(=O)N2CC(=O)N(c3cc(-c4ccc(F)cc4)sc3C(=O)O)[C@H](C3CCCCC3)C2)cn1. The molecule has 3 fully saturated rings. The predicted octanol–water partition coefficient (Wildman–Crippen LogP) is 5.25.